The van der Waals surface area contributed by atoms with Crippen LogP contribution < -0.4 is 5.32 Å². The molecule has 0 radical (unpaired) electrons. The Kier molecular flexibility index (Phi) is 4.11. The van der Waals surface area contributed by atoms with Gasteiger partial charge in [0.2, 0.25) is 12.3 Å². The molecule has 2 aromatic rings. The highest BCUT2D eigenvalue weighted by atomic mass is 16.4. The summed E-state index contributed by atoms with van der Waals surface area (Å²) in [4.78, 5) is 11.8. The first-order valence-electron chi connectivity index (χ1n) is 6.00. The number of carbonyl (C=O) groups is 1. The molecule has 1 atom stereocenters. The van der Waals surface area contributed by atoms with Gasteiger partial charge in [-0.3, -0.25) is 4.79 Å². The van der Waals surface area contributed by atoms with E-state index in [2.05, 4.69) is 15.5 Å². The van der Waals surface area contributed by atoms with Gasteiger partial charge in [0.05, 0.1) is 6.61 Å². The van der Waals surface area contributed by atoms with E-state index in [1.807, 2.05) is 0 Å². The van der Waals surface area contributed by atoms with E-state index in [9.17, 15) is 9.90 Å². The molecule has 1 amide bonds. The van der Waals surface area contributed by atoms with Gasteiger partial charge in [0.1, 0.15) is 5.60 Å². The fourth-order valence-corrected chi connectivity index (χ4v) is 1.49. The lowest BCUT2D eigenvalue weighted by Crippen LogP contribution is -2.43. The van der Waals surface area contributed by atoms with Gasteiger partial charge in [-0.15, -0.1) is 10.2 Å². The van der Waals surface area contributed by atoms with Gasteiger partial charge in [0, 0.05) is 17.7 Å². The van der Waals surface area contributed by atoms with E-state index in [0.29, 0.717) is 17.0 Å². The van der Waals surface area contributed by atoms with Crippen LogP contribution in [-0.4, -0.2) is 45.1 Å². The molecule has 0 fully saturated rings. The zero-order chi connectivity index (χ0) is 14.6. The first-order chi connectivity index (χ1) is 9.52. The minimum absolute atomic E-state index is 0.0340. The molecule has 0 aliphatic carbocycles. The molecule has 0 saturated heterocycles. The quantitative estimate of drug-likeness (QED) is 0.721. The van der Waals surface area contributed by atoms with Crippen molar-refractivity contribution in [1.29, 1.82) is 0 Å². The molecule has 7 heteroatoms. The summed E-state index contributed by atoms with van der Waals surface area (Å²) in [6, 6.07) is 6.60. The molecule has 3 N–H and O–H groups in total. The van der Waals surface area contributed by atoms with Crippen LogP contribution in [0.1, 0.15) is 17.3 Å². The maximum atomic E-state index is 11.8. The van der Waals surface area contributed by atoms with Crippen molar-refractivity contribution in [3.05, 3.63) is 36.2 Å². The summed E-state index contributed by atoms with van der Waals surface area (Å²) < 4.78 is 5.04. The lowest BCUT2D eigenvalue weighted by Gasteiger charge is -2.20. The number of aliphatic hydroxyl groups excluding tert-OH is 1. The number of nitrogens with one attached hydrogen (secondary N) is 1. The molecule has 20 heavy (non-hydrogen) atoms. The van der Waals surface area contributed by atoms with E-state index in [1.165, 1.54) is 13.3 Å². The number of aliphatic hydroxyl groups is 2. The van der Waals surface area contributed by atoms with Crippen LogP contribution in [-0.2, 0) is 0 Å². The summed E-state index contributed by atoms with van der Waals surface area (Å²) in [5.41, 5.74) is -0.192. The standard InChI is InChI=1S/C13H15N3O4/c1-13(19,7-17)6-14-11(18)9-2-4-10(5-3-9)12-16-15-8-20-12/h2-5,8,17,19H,6-7H2,1H3,(H,14,18). The highest BCUT2D eigenvalue weighted by Gasteiger charge is 2.20. The molecule has 0 aliphatic heterocycles. The Hall–Kier alpha value is -2.25. The van der Waals surface area contributed by atoms with Crippen molar-refractivity contribution in [3.63, 3.8) is 0 Å². The smallest absolute Gasteiger partial charge is 0.251 e. The SMILES string of the molecule is CC(O)(CO)CNC(=O)c1ccc(-c2nnco2)cc1. The van der Waals surface area contributed by atoms with Crippen molar-refractivity contribution in [3.8, 4) is 11.5 Å². The highest BCUT2D eigenvalue weighted by molar-refractivity contribution is 5.94. The number of carbonyl (C=O) groups excluding carboxylic acids is 1. The second kappa shape index (κ2) is 5.81. The van der Waals surface area contributed by atoms with Crippen molar-refractivity contribution in [2.24, 2.45) is 0 Å². The van der Waals surface area contributed by atoms with Gasteiger partial charge in [-0.1, -0.05) is 0 Å². The van der Waals surface area contributed by atoms with E-state index in [-0.39, 0.29) is 12.5 Å². The van der Waals surface area contributed by atoms with Crippen molar-refractivity contribution in [2.75, 3.05) is 13.2 Å². The first kappa shape index (κ1) is 14.2. The number of hydrogen-bond acceptors (Lipinski definition) is 6. The molecule has 1 aromatic carbocycles. The lowest BCUT2D eigenvalue weighted by molar-refractivity contribution is 0.00320. The van der Waals surface area contributed by atoms with E-state index in [1.54, 1.807) is 24.3 Å². The summed E-state index contributed by atoms with van der Waals surface area (Å²) >= 11 is 0. The summed E-state index contributed by atoms with van der Waals surface area (Å²) in [5, 5.41) is 28.4. The summed E-state index contributed by atoms with van der Waals surface area (Å²) in [5.74, 6) is 0.0379. The van der Waals surface area contributed by atoms with Crippen LogP contribution in [0.15, 0.2) is 35.1 Å². The molecular formula is C13H15N3O4. The highest BCUT2D eigenvalue weighted by Crippen LogP contribution is 2.16. The zero-order valence-corrected chi connectivity index (χ0v) is 10.9. The fraction of sp³-hybridized carbons (Fsp3) is 0.308. The average Bonchev–Trinajstić information content (AvgIpc) is 2.99. The largest absolute Gasteiger partial charge is 0.423 e. The van der Waals surface area contributed by atoms with Gasteiger partial charge in [0.15, 0.2) is 0 Å². The number of hydrogen-bond donors (Lipinski definition) is 3. The molecule has 1 heterocycles. The normalized spacial score (nSPS) is 13.8. The Balaban J connectivity index is 2.01. The van der Waals surface area contributed by atoms with Crippen molar-refractivity contribution in [2.45, 2.75) is 12.5 Å². The van der Waals surface area contributed by atoms with Crippen LogP contribution in [0.4, 0.5) is 0 Å². The minimum atomic E-state index is -1.33. The van der Waals surface area contributed by atoms with Gasteiger partial charge in [-0.25, -0.2) is 0 Å². The number of rotatable bonds is 5. The third kappa shape index (κ3) is 3.40. The Labute approximate surface area is 115 Å². The van der Waals surface area contributed by atoms with Gasteiger partial charge < -0.3 is 19.9 Å². The number of nitrogens with zero attached hydrogens (tertiary/aromatic N) is 2. The monoisotopic (exact) mass is 277 g/mol. The molecule has 1 aromatic heterocycles. The molecule has 0 bridgehead atoms. The molecule has 2 rings (SSSR count). The molecule has 0 saturated carbocycles. The number of amides is 1. The summed E-state index contributed by atoms with van der Waals surface area (Å²) in [6.45, 7) is 0.975. The minimum Gasteiger partial charge on any atom is -0.423 e. The van der Waals surface area contributed by atoms with Crippen LogP contribution in [0.5, 0.6) is 0 Å². The number of benzene rings is 1. The van der Waals surface area contributed by atoms with E-state index in [0.717, 1.165) is 0 Å². The van der Waals surface area contributed by atoms with E-state index >= 15 is 0 Å². The predicted octanol–water partition coefficient (Wildman–Crippen LogP) is 0.210. The second-order valence-corrected chi connectivity index (χ2v) is 4.66. The third-order valence-corrected chi connectivity index (χ3v) is 2.72. The van der Waals surface area contributed by atoms with E-state index < -0.39 is 12.2 Å². The molecule has 0 spiro atoms. The topological polar surface area (TPSA) is 108 Å². The van der Waals surface area contributed by atoms with Crippen molar-refractivity contribution >= 4 is 5.91 Å². The van der Waals surface area contributed by atoms with Crippen molar-refractivity contribution in [1.82, 2.24) is 15.5 Å². The second-order valence-electron chi connectivity index (χ2n) is 4.66. The maximum Gasteiger partial charge on any atom is 0.251 e. The summed E-state index contributed by atoms with van der Waals surface area (Å²) in [7, 11) is 0. The third-order valence-electron chi connectivity index (χ3n) is 2.72. The van der Waals surface area contributed by atoms with Crippen molar-refractivity contribution < 1.29 is 19.4 Å². The van der Waals surface area contributed by atoms with E-state index in [4.69, 9.17) is 9.52 Å². The van der Waals surface area contributed by atoms with Gasteiger partial charge in [0.25, 0.3) is 5.91 Å². The van der Waals surface area contributed by atoms with Crippen LogP contribution in [0.3, 0.4) is 0 Å². The van der Waals surface area contributed by atoms with Crippen LogP contribution in [0, 0.1) is 0 Å². The molecular weight excluding hydrogens is 262 g/mol. The maximum absolute atomic E-state index is 11.8. The van der Waals surface area contributed by atoms with Crippen LogP contribution in [0.25, 0.3) is 11.5 Å². The fourth-order valence-electron chi connectivity index (χ4n) is 1.49. The zero-order valence-electron chi connectivity index (χ0n) is 10.9. The average molecular weight is 277 g/mol. The Morgan fingerprint density at radius 1 is 1.40 bits per heavy atom. The lowest BCUT2D eigenvalue weighted by atomic mass is 10.1. The number of aromatic nitrogens is 2. The van der Waals surface area contributed by atoms with Crippen LogP contribution >= 0.6 is 0 Å². The Bertz CT molecular complexity index is 564. The van der Waals surface area contributed by atoms with Crippen LogP contribution in [0.2, 0.25) is 0 Å². The van der Waals surface area contributed by atoms with Gasteiger partial charge in [-0.2, -0.15) is 0 Å². The molecule has 7 nitrogen and oxygen atoms in total. The molecule has 0 aliphatic rings. The predicted molar refractivity (Wildman–Crippen MR) is 69.8 cm³/mol. The summed E-state index contributed by atoms with van der Waals surface area (Å²) in [6.07, 6.45) is 1.23. The van der Waals surface area contributed by atoms with Gasteiger partial charge >= 0.3 is 0 Å². The Morgan fingerprint density at radius 2 is 2.10 bits per heavy atom. The Morgan fingerprint density at radius 3 is 2.65 bits per heavy atom. The molecule has 1 unspecified atom stereocenters. The molecule has 106 valence electrons. The van der Waals surface area contributed by atoms with Gasteiger partial charge in [-0.05, 0) is 31.2 Å². The first-order valence-corrected chi connectivity index (χ1v) is 6.00.